The van der Waals surface area contributed by atoms with Crippen molar-refractivity contribution in [3.05, 3.63) is 71.4 Å². The maximum Gasteiger partial charge on any atom is 0.416 e. The zero-order valence-corrected chi connectivity index (χ0v) is 23.4. The number of alkyl halides is 3. The lowest BCUT2D eigenvalue weighted by Crippen LogP contribution is -2.41. The number of pyridine rings is 1. The second kappa shape index (κ2) is 14.1. The Morgan fingerprint density at radius 1 is 1.12 bits per heavy atom. The van der Waals surface area contributed by atoms with Crippen LogP contribution in [0, 0.1) is 11.8 Å². The molecule has 0 radical (unpaired) electrons. The quantitative estimate of drug-likeness (QED) is 0.217. The largest absolute Gasteiger partial charge is 0.497 e. The van der Waals surface area contributed by atoms with Crippen molar-refractivity contribution in [3.8, 4) is 5.75 Å². The predicted octanol–water partition coefficient (Wildman–Crippen LogP) is 6.90. The number of piperidine rings is 1. The number of fused-ring (bicyclic) bond motifs is 1. The number of carboxylic acid groups (broad SMARTS) is 1. The highest BCUT2D eigenvalue weighted by molar-refractivity contribution is 5.83. The maximum atomic E-state index is 13.3. The van der Waals surface area contributed by atoms with Crippen LogP contribution in [0.15, 0.2) is 54.7 Å². The molecule has 1 aliphatic heterocycles. The average molecular weight is 573 g/mol. The van der Waals surface area contributed by atoms with Crippen molar-refractivity contribution in [1.82, 2.24) is 9.88 Å². The molecule has 1 aromatic heterocycles. The van der Waals surface area contributed by atoms with Gasteiger partial charge in [-0.3, -0.25) is 9.78 Å². The van der Waals surface area contributed by atoms with Gasteiger partial charge in [0, 0.05) is 24.5 Å². The number of likely N-dealkylation sites (tertiary alicyclic amines) is 1. The van der Waals surface area contributed by atoms with E-state index in [-0.39, 0.29) is 12.3 Å². The van der Waals surface area contributed by atoms with Gasteiger partial charge in [-0.25, -0.2) is 0 Å². The minimum absolute atomic E-state index is 0.0978. The average Bonchev–Trinajstić information content (AvgIpc) is 2.96. The first-order valence-corrected chi connectivity index (χ1v) is 14.4. The van der Waals surface area contributed by atoms with Crippen LogP contribution >= 0.6 is 0 Å². The van der Waals surface area contributed by atoms with E-state index in [1.165, 1.54) is 6.07 Å². The van der Waals surface area contributed by atoms with Gasteiger partial charge in [-0.2, -0.15) is 13.2 Å². The zero-order chi connectivity index (χ0) is 29.4. The first kappa shape index (κ1) is 30.8. The molecule has 6 nitrogen and oxygen atoms in total. The summed E-state index contributed by atoms with van der Waals surface area (Å²) in [5.41, 5.74) is 1.37. The van der Waals surface area contributed by atoms with E-state index in [1.807, 2.05) is 24.3 Å². The summed E-state index contributed by atoms with van der Waals surface area (Å²) in [6.07, 6.45) is 1.39. The fourth-order valence-electron chi connectivity index (χ4n) is 6.13. The summed E-state index contributed by atoms with van der Waals surface area (Å²) in [5, 5.41) is 21.3. The Morgan fingerprint density at radius 3 is 2.68 bits per heavy atom. The van der Waals surface area contributed by atoms with Gasteiger partial charge in [-0.05, 0) is 111 Å². The molecule has 1 fully saturated rings. The molecular weight excluding hydrogens is 533 g/mol. The molecule has 9 heteroatoms. The molecule has 0 spiro atoms. The molecule has 3 aromatic rings. The normalized spacial score (nSPS) is 18.9. The molecule has 222 valence electrons. The summed E-state index contributed by atoms with van der Waals surface area (Å²) in [6.45, 7) is 2.40. The highest BCUT2D eigenvalue weighted by atomic mass is 19.4. The number of nitrogens with zero attached hydrogens (tertiary/aromatic N) is 2. The van der Waals surface area contributed by atoms with Crippen LogP contribution < -0.4 is 4.74 Å². The Kier molecular flexibility index (Phi) is 10.6. The number of hydrogen-bond acceptors (Lipinski definition) is 5. The number of benzene rings is 2. The van der Waals surface area contributed by atoms with Crippen LogP contribution in [0.5, 0.6) is 5.75 Å². The van der Waals surface area contributed by atoms with E-state index in [1.54, 1.807) is 25.4 Å². The monoisotopic (exact) mass is 572 g/mol. The number of carbonyl (C=O) groups is 1. The molecule has 0 saturated carbocycles. The molecule has 4 rings (SSSR count). The molecule has 1 saturated heterocycles. The first-order chi connectivity index (χ1) is 19.7. The molecular formula is C32H39F3N2O4. The number of aliphatic hydroxyl groups excluding tert-OH is 1. The summed E-state index contributed by atoms with van der Waals surface area (Å²) in [7, 11) is 1.60. The van der Waals surface area contributed by atoms with E-state index >= 15 is 0 Å². The van der Waals surface area contributed by atoms with Crippen molar-refractivity contribution < 1.29 is 32.9 Å². The van der Waals surface area contributed by atoms with Crippen LogP contribution in [-0.4, -0.2) is 52.8 Å². The second-order valence-corrected chi connectivity index (χ2v) is 11.0. The van der Waals surface area contributed by atoms with E-state index in [0.29, 0.717) is 42.9 Å². The predicted molar refractivity (Wildman–Crippen MR) is 152 cm³/mol. The van der Waals surface area contributed by atoms with Gasteiger partial charge in [0.25, 0.3) is 0 Å². The van der Waals surface area contributed by atoms with Gasteiger partial charge in [-0.1, -0.05) is 18.2 Å². The third-order valence-electron chi connectivity index (χ3n) is 8.35. The molecule has 0 bridgehead atoms. The number of aliphatic hydroxyl groups is 1. The highest BCUT2D eigenvalue weighted by Crippen LogP contribution is 2.36. The van der Waals surface area contributed by atoms with Gasteiger partial charge in [0.2, 0.25) is 0 Å². The smallest absolute Gasteiger partial charge is 0.416 e. The number of unbranched alkanes of at least 4 members (excludes halogenated alkanes) is 1. The number of hydrogen-bond donors (Lipinski definition) is 2. The van der Waals surface area contributed by atoms with Crippen LogP contribution in [0.3, 0.4) is 0 Å². The summed E-state index contributed by atoms with van der Waals surface area (Å²) in [4.78, 5) is 18.1. The van der Waals surface area contributed by atoms with Crippen molar-refractivity contribution in [2.24, 2.45) is 11.8 Å². The third-order valence-corrected chi connectivity index (χ3v) is 8.35. The van der Waals surface area contributed by atoms with Crippen molar-refractivity contribution in [1.29, 1.82) is 0 Å². The number of rotatable bonds is 13. The van der Waals surface area contributed by atoms with Crippen molar-refractivity contribution in [2.45, 2.75) is 63.6 Å². The van der Waals surface area contributed by atoms with Crippen molar-refractivity contribution >= 4 is 16.9 Å². The second-order valence-electron chi connectivity index (χ2n) is 11.0. The van der Waals surface area contributed by atoms with Gasteiger partial charge in [0.05, 0.1) is 24.3 Å². The fourth-order valence-corrected chi connectivity index (χ4v) is 6.13. The lowest BCUT2D eigenvalue weighted by molar-refractivity contribution is -0.138. The Bertz CT molecular complexity index is 1300. The van der Waals surface area contributed by atoms with E-state index in [9.17, 15) is 28.2 Å². The van der Waals surface area contributed by atoms with Gasteiger partial charge in [-0.15, -0.1) is 0 Å². The first-order valence-electron chi connectivity index (χ1n) is 14.4. The maximum absolute atomic E-state index is 13.3. The van der Waals surface area contributed by atoms with E-state index in [0.717, 1.165) is 61.4 Å². The number of methoxy groups -OCH3 is 1. The minimum Gasteiger partial charge on any atom is -0.497 e. The molecule has 0 unspecified atom stereocenters. The Morgan fingerprint density at radius 2 is 1.93 bits per heavy atom. The molecule has 1 aliphatic rings. The lowest BCUT2D eigenvalue weighted by atomic mass is 9.79. The standard InChI is InChI=1S/C32H39F3N2O4/c1-41-25-11-12-29-27(20-25)26(15-17-36-29)30(38)13-9-22-16-19-37(21-24(22)10-14-31(39)40)18-5-4-7-23-6-2-3-8-28(23)32(33,34)35/h2-3,6,8,11-12,15,17,20,22,24,30,38H,4-5,7,9-10,13-14,16,18-19,21H2,1H3,(H,39,40)/t22-,24-,30-/m1/s1. The van der Waals surface area contributed by atoms with Crippen molar-refractivity contribution in [2.75, 3.05) is 26.7 Å². The lowest BCUT2D eigenvalue weighted by Gasteiger charge is -2.39. The van der Waals surface area contributed by atoms with Gasteiger partial charge in [0.1, 0.15) is 5.75 Å². The Labute approximate surface area is 239 Å². The van der Waals surface area contributed by atoms with Gasteiger partial charge in [0.15, 0.2) is 0 Å². The SMILES string of the molecule is COc1ccc2nccc([C@H](O)CC[C@@H]3CCN(CCCCc4ccccc4C(F)(F)F)C[C@H]3CCC(=O)O)c2c1. The summed E-state index contributed by atoms with van der Waals surface area (Å²) >= 11 is 0. The topological polar surface area (TPSA) is 82.9 Å². The molecule has 2 N–H and O–H groups in total. The fraction of sp³-hybridized carbons (Fsp3) is 0.500. The number of halogens is 3. The van der Waals surface area contributed by atoms with Crippen LogP contribution in [0.1, 0.15) is 67.7 Å². The third kappa shape index (κ3) is 8.42. The molecule has 2 heterocycles. The van der Waals surface area contributed by atoms with Crippen LogP contribution in [0.2, 0.25) is 0 Å². The minimum atomic E-state index is -4.35. The van der Waals surface area contributed by atoms with Gasteiger partial charge < -0.3 is 19.8 Å². The highest BCUT2D eigenvalue weighted by Gasteiger charge is 2.33. The van der Waals surface area contributed by atoms with Crippen LogP contribution in [0.4, 0.5) is 13.2 Å². The molecule has 0 aliphatic carbocycles. The number of ether oxygens (including phenoxy) is 1. The van der Waals surface area contributed by atoms with E-state index < -0.39 is 23.8 Å². The Hall–Kier alpha value is -3.17. The number of aliphatic carboxylic acids is 1. The molecule has 0 amide bonds. The number of carboxylic acids is 1. The molecule has 2 aromatic carbocycles. The zero-order valence-electron chi connectivity index (χ0n) is 23.4. The van der Waals surface area contributed by atoms with Gasteiger partial charge >= 0.3 is 12.1 Å². The molecule has 41 heavy (non-hydrogen) atoms. The van der Waals surface area contributed by atoms with Crippen LogP contribution in [-0.2, 0) is 17.4 Å². The van der Waals surface area contributed by atoms with Crippen LogP contribution in [0.25, 0.3) is 10.9 Å². The summed E-state index contributed by atoms with van der Waals surface area (Å²) < 4.78 is 45.2. The number of aromatic nitrogens is 1. The van der Waals surface area contributed by atoms with Crippen molar-refractivity contribution in [3.63, 3.8) is 0 Å². The summed E-state index contributed by atoms with van der Waals surface area (Å²) in [5.74, 6) is 0.361. The van der Waals surface area contributed by atoms with E-state index in [2.05, 4.69) is 9.88 Å². The summed E-state index contributed by atoms with van der Waals surface area (Å²) in [6, 6.07) is 13.2. The number of aryl methyl sites for hydroxylation is 1. The van der Waals surface area contributed by atoms with E-state index in [4.69, 9.17) is 4.74 Å². The Balaban J connectivity index is 1.32. The molecule has 3 atom stereocenters.